The summed E-state index contributed by atoms with van der Waals surface area (Å²) in [7, 11) is 6.12. The molecule has 4 unspecified atom stereocenters. The standard InChI is InChI=1S/C25H22BBr/c26-19-13-9-17(10-14-19)25(18-11-15-20(27)16-12-18)23-7-3-1-5-21(23)22-6-2-4-8-24(22)25/h1-9,11-13,15,20-21,23H,10,14,16H2. The Kier molecular flexibility index (Phi) is 4.28. The van der Waals surface area contributed by atoms with Gasteiger partial charge in [-0.3, -0.25) is 0 Å². The molecule has 1 aromatic rings. The number of alkyl halides is 1. The fraction of sp³-hybridized carbons (Fsp3) is 0.280. The Labute approximate surface area is 171 Å². The Hall–Kier alpha value is -1.80. The number of benzene rings is 1. The molecule has 4 aliphatic rings. The highest BCUT2D eigenvalue weighted by Crippen LogP contribution is 2.61. The molecule has 0 saturated heterocycles. The smallest absolute Gasteiger partial charge is 0.107 e. The van der Waals surface area contributed by atoms with Crippen LogP contribution in [0.25, 0.3) is 0 Å². The van der Waals surface area contributed by atoms with E-state index in [1.165, 1.54) is 22.3 Å². The quantitative estimate of drug-likeness (QED) is 0.401. The Bertz CT molecular complexity index is 958. The molecule has 4 atom stereocenters. The van der Waals surface area contributed by atoms with E-state index in [0.717, 1.165) is 24.7 Å². The van der Waals surface area contributed by atoms with E-state index in [2.05, 4.69) is 94.9 Å². The molecule has 0 amide bonds. The van der Waals surface area contributed by atoms with Crippen LogP contribution in [0.5, 0.6) is 0 Å². The van der Waals surface area contributed by atoms with Crippen molar-refractivity contribution in [2.45, 2.75) is 35.4 Å². The third-order valence-corrected chi connectivity index (χ3v) is 7.25. The monoisotopic (exact) mass is 412 g/mol. The zero-order valence-electron chi connectivity index (χ0n) is 15.3. The maximum absolute atomic E-state index is 6.12. The second-order valence-corrected chi connectivity index (χ2v) is 9.10. The first-order valence-electron chi connectivity index (χ1n) is 9.84. The highest BCUT2D eigenvalue weighted by Gasteiger charge is 2.54. The minimum Gasteiger partial charge on any atom is -0.117 e. The van der Waals surface area contributed by atoms with Crippen molar-refractivity contribution in [2.24, 2.45) is 5.92 Å². The lowest BCUT2D eigenvalue weighted by Crippen LogP contribution is -2.37. The van der Waals surface area contributed by atoms with Gasteiger partial charge in [0.15, 0.2) is 0 Å². The molecular weight excluding hydrogens is 391 g/mol. The molecule has 2 heteroatoms. The van der Waals surface area contributed by atoms with E-state index in [1.807, 2.05) is 0 Å². The van der Waals surface area contributed by atoms with Gasteiger partial charge < -0.3 is 0 Å². The second kappa shape index (κ2) is 6.67. The normalized spacial score (nSPS) is 33.8. The third-order valence-electron chi connectivity index (χ3n) is 6.57. The predicted molar refractivity (Wildman–Crippen MR) is 118 cm³/mol. The molecular formula is C25H22BBr. The van der Waals surface area contributed by atoms with Crippen LogP contribution in [0.4, 0.5) is 0 Å². The number of hydrogen-bond acceptors (Lipinski definition) is 0. The van der Waals surface area contributed by atoms with Crippen molar-refractivity contribution in [1.82, 2.24) is 0 Å². The molecule has 0 bridgehead atoms. The fourth-order valence-corrected chi connectivity index (χ4v) is 5.77. The molecule has 5 rings (SSSR count). The molecule has 0 heterocycles. The number of halogens is 1. The lowest BCUT2D eigenvalue weighted by molar-refractivity contribution is 0.433. The van der Waals surface area contributed by atoms with Crippen LogP contribution in [-0.4, -0.2) is 12.7 Å². The van der Waals surface area contributed by atoms with Crippen LogP contribution in [0.2, 0.25) is 0 Å². The molecule has 0 fully saturated rings. The van der Waals surface area contributed by atoms with Gasteiger partial charge in [0.25, 0.3) is 0 Å². The Morgan fingerprint density at radius 2 is 1.85 bits per heavy atom. The van der Waals surface area contributed by atoms with Gasteiger partial charge in [0.1, 0.15) is 7.85 Å². The van der Waals surface area contributed by atoms with E-state index in [9.17, 15) is 0 Å². The zero-order valence-corrected chi connectivity index (χ0v) is 16.9. The highest BCUT2D eigenvalue weighted by atomic mass is 79.9. The van der Waals surface area contributed by atoms with Gasteiger partial charge >= 0.3 is 0 Å². The van der Waals surface area contributed by atoms with Crippen molar-refractivity contribution in [3.05, 3.63) is 107 Å². The van der Waals surface area contributed by atoms with Gasteiger partial charge in [-0.15, -0.1) is 5.47 Å². The van der Waals surface area contributed by atoms with Crippen molar-refractivity contribution >= 4 is 23.8 Å². The van der Waals surface area contributed by atoms with Gasteiger partial charge in [-0.2, -0.15) is 0 Å². The molecule has 0 spiro atoms. The van der Waals surface area contributed by atoms with Crippen LogP contribution in [0.1, 0.15) is 36.3 Å². The Morgan fingerprint density at radius 3 is 2.63 bits per heavy atom. The van der Waals surface area contributed by atoms with E-state index in [0.29, 0.717) is 16.7 Å². The van der Waals surface area contributed by atoms with Crippen molar-refractivity contribution in [2.75, 3.05) is 0 Å². The highest BCUT2D eigenvalue weighted by molar-refractivity contribution is 9.09. The van der Waals surface area contributed by atoms with Crippen LogP contribution in [0.3, 0.4) is 0 Å². The van der Waals surface area contributed by atoms with E-state index in [1.54, 1.807) is 0 Å². The van der Waals surface area contributed by atoms with Crippen LogP contribution < -0.4 is 0 Å². The minimum atomic E-state index is -0.0939. The first kappa shape index (κ1) is 17.3. The number of hydrogen-bond donors (Lipinski definition) is 0. The number of rotatable bonds is 2. The molecule has 0 N–H and O–H groups in total. The van der Waals surface area contributed by atoms with Crippen LogP contribution in [0.15, 0.2) is 95.6 Å². The summed E-state index contributed by atoms with van der Waals surface area (Å²) in [5.41, 5.74) is 6.79. The van der Waals surface area contributed by atoms with Crippen molar-refractivity contribution in [3.63, 3.8) is 0 Å². The summed E-state index contributed by atoms with van der Waals surface area (Å²) in [6.07, 6.45) is 23.8. The summed E-state index contributed by atoms with van der Waals surface area (Å²) in [6.45, 7) is 0. The van der Waals surface area contributed by atoms with Gasteiger partial charge in [-0.05, 0) is 36.0 Å². The van der Waals surface area contributed by atoms with Crippen LogP contribution in [-0.2, 0) is 5.41 Å². The van der Waals surface area contributed by atoms with Gasteiger partial charge in [0, 0.05) is 22.1 Å². The molecule has 0 saturated carbocycles. The van der Waals surface area contributed by atoms with E-state index in [-0.39, 0.29) is 5.41 Å². The van der Waals surface area contributed by atoms with Crippen molar-refractivity contribution in [1.29, 1.82) is 0 Å². The number of allylic oxidation sites excluding steroid dienone is 12. The molecule has 4 aliphatic carbocycles. The predicted octanol–water partition coefficient (Wildman–Crippen LogP) is 6.19. The molecule has 2 radical (unpaired) electrons. The second-order valence-electron chi connectivity index (χ2n) is 7.92. The number of fused-ring (bicyclic) bond motifs is 3. The van der Waals surface area contributed by atoms with Crippen molar-refractivity contribution in [3.8, 4) is 0 Å². The molecule has 27 heavy (non-hydrogen) atoms. The summed E-state index contributed by atoms with van der Waals surface area (Å²) in [6, 6.07) is 9.07. The van der Waals surface area contributed by atoms with Crippen molar-refractivity contribution < 1.29 is 0 Å². The van der Waals surface area contributed by atoms with Crippen LogP contribution in [0, 0.1) is 5.92 Å². The molecule has 1 aromatic carbocycles. The van der Waals surface area contributed by atoms with E-state index < -0.39 is 0 Å². The van der Waals surface area contributed by atoms with Gasteiger partial charge in [-0.25, -0.2) is 0 Å². The summed E-state index contributed by atoms with van der Waals surface area (Å²) < 4.78 is 0. The van der Waals surface area contributed by atoms with E-state index in [4.69, 9.17) is 7.85 Å². The molecule has 0 aliphatic heterocycles. The average Bonchev–Trinajstić information content (AvgIpc) is 3.01. The lowest BCUT2D eigenvalue weighted by Gasteiger charge is -2.43. The molecule has 0 nitrogen and oxygen atoms in total. The van der Waals surface area contributed by atoms with Gasteiger partial charge in [0.2, 0.25) is 0 Å². The van der Waals surface area contributed by atoms with Gasteiger partial charge in [0.05, 0.1) is 0 Å². The van der Waals surface area contributed by atoms with E-state index >= 15 is 0 Å². The first-order chi connectivity index (χ1) is 13.2. The molecule has 0 aromatic heterocycles. The van der Waals surface area contributed by atoms with Crippen LogP contribution >= 0.6 is 15.9 Å². The average molecular weight is 413 g/mol. The van der Waals surface area contributed by atoms with Gasteiger partial charge in [-0.1, -0.05) is 100 Å². The Morgan fingerprint density at radius 1 is 1.00 bits per heavy atom. The topological polar surface area (TPSA) is 0 Å². The summed E-state index contributed by atoms with van der Waals surface area (Å²) in [5.74, 6) is 0.855. The summed E-state index contributed by atoms with van der Waals surface area (Å²) in [5, 5.41) is 0. The fourth-order valence-electron chi connectivity index (χ4n) is 5.43. The summed E-state index contributed by atoms with van der Waals surface area (Å²) >= 11 is 3.75. The minimum absolute atomic E-state index is 0.0939. The third kappa shape index (κ3) is 2.57. The SMILES string of the molecule is [B]C1=CC=C(C2(C3=CCC(Br)C=C3)c3ccccc3C3C=CC=CC32)CC1. The Balaban J connectivity index is 1.80. The first-order valence-corrected chi connectivity index (χ1v) is 10.8. The largest absolute Gasteiger partial charge is 0.117 e. The summed E-state index contributed by atoms with van der Waals surface area (Å²) in [4.78, 5) is 0.434. The zero-order chi connectivity index (χ0) is 18.4. The molecule has 132 valence electrons. The maximum atomic E-state index is 6.12. The lowest BCUT2D eigenvalue weighted by atomic mass is 9.59. The maximum Gasteiger partial charge on any atom is 0.107 e.